The van der Waals surface area contributed by atoms with Gasteiger partial charge in [-0.25, -0.2) is 9.59 Å². The van der Waals surface area contributed by atoms with Gasteiger partial charge in [-0.3, -0.25) is 0 Å². The molecule has 4 nitrogen and oxygen atoms in total. The van der Waals surface area contributed by atoms with Crippen molar-refractivity contribution in [2.45, 2.75) is 19.8 Å². The average molecular weight is 222 g/mol. The molecule has 0 aliphatic carbocycles. The van der Waals surface area contributed by atoms with Crippen molar-refractivity contribution >= 4 is 11.9 Å². The van der Waals surface area contributed by atoms with Crippen molar-refractivity contribution in [3.63, 3.8) is 0 Å². The first-order valence-electron chi connectivity index (χ1n) is 5.18. The third-order valence-electron chi connectivity index (χ3n) is 1.85. The molecule has 0 radical (unpaired) electrons. The van der Waals surface area contributed by atoms with E-state index in [1.165, 1.54) is 0 Å². The summed E-state index contributed by atoms with van der Waals surface area (Å²) in [5.74, 6) is -1.60. The second-order valence-corrected chi connectivity index (χ2v) is 3.19. The minimum atomic E-state index is -0.984. The highest BCUT2D eigenvalue weighted by Gasteiger charge is 2.17. The molecule has 86 valence electrons. The molecule has 0 fully saturated rings. The summed E-state index contributed by atoms with van der Waals surface area (Å²) in [4.78, 5) is 22.3. The maximum Gasteiger partial charge on any atom is 0.422 e. The van der Waals surface area contributed by atoms with Crippen LogP contribution in [-0.2, 0) is 14.3 Å². The van der Waals surface area contributed by atoms with Gasteiger partial charge in [-0.15, -0.1) is 0 Å². The van der Waals surface area contributed by atoms with Crippen LogP contribution < -0.4 is 4.74 Å². The predicted octanol–water partition coefficient (Wildman–Crippen LogP) is 1.94. The van der Waals surface area contributed by atoms with Crippen molar-refractivity contribution in [3.05, 3.63) is 30.3 Å². The second kappa shape index (κ2) is 6.61. The van der Waals surface area contributed by atoms with E-state index in [1.807, 2.05) is 6.92 Å². The molecule has 1 rings (SSSR count). The van der Waals surface area contributed by atoms with Crippen LogP contribution in [0.5, 0.6) is 5.75 Å². The van der Waals surface area contributed by atoms with Gasteiger partial charge in [-0.1, -0.05) is 31.5 Å². The van der Waals surface area contributed by atoms with Gasteiger partial charge in [0.1, 0.15) is 5.75 Å². The molecule has 0 saturated carbocycles. The fourth-order valence-electron chi connectivity index (χ4n) is 1.01. The van der Waals surface area contributed by atoms with Gasteiger partial charge in [0, 0.05) is 0 Å². The van der Waals surface area contributed by atoms with E-state index in [-0.39, 0.29) is 6.61 Å². The van der Waals surface area contributed by atoms with Crippen LogP contribution in [0.15, 0.2) is 30.3 Å². The van der Waals surface area contributed by atoms with Crippen LogP contribution in [0.25, 0.3) is 0 Å². The highest BCUT2D eigenvalue weighted by Crippen LogP contribution is 2.08. The van der Waals surface area contributed by atoms with E-state index in [2.05, 4.69) is 0 Å². The van der Waals surface area contributed by atoms with Gasteiger partial charge in [-0.05, 0) is 18.6 Å². The monoisotopic (exact) mass is 222 g/mol. The zero-order valence-electron chi connectivity index (χ0n) is 9.14. The topological polar surface area (TPSA) is 52.6 Å². The molecule has 0 aliphatic heterocycles. The molecule has 1 aromatic rings. The van der Waals surface area contributed by atoms with E-state index >= 15 is 0 Å². The van der Waals surface area contributed by atoms with Gasteiger partial charge in [-0.2, -0.15) is 0 Å². The van der Waals surface area contributed by atoms with Gasteiger partial charge in [0.05, 0.1) is 6.61 Å². The van der Waals surface area contributed by atoms with Crippen molar-refractivity contribution < 1.29 is 19.1 Å². The lowest BCUT2D eigenvalue weighted by Crippen LogP contribution is -2.23. The van der Waals surface area contributed by atoms with Crippen LogP contribution in [0.1, 0.15) is 19.8 Å². The van der Waals surface area contributed by atoms with Gasteiger partial charge >= 0.3 is 11.9 Å². The number of carbonyl (C=O) groups is 2. The summed E-state index contributed by atoms with van der Waals surface area (Å²) in [6.45, 7) is 2.22. The van der Waals surface area contributed by atoms with Crippen LogP contribution >= 0.6 is 0 Å². The van der Waals surface area contributed by atoms with Crippen molar-refractivity contribution in [2.24, 2.45) is 0 Å². The minimum Gasteiger partial charge on any atom is -0.457 e. The molecule has 1 aromatic carbocycles. The summed E-state index contributed by atoms with van der Waals surface area (Å²) >= 11 is 0. The molecule has 0 N–H and O–H groups in total. The molecule has 0 aromatic heterocycles. The maximum absolute atomic E-state index is 11.2. The number of para-hydroxylation sites is 1. The Kier molecular flexibility index (Phi) is 5.05. The zero-order valence-corrected chi connectivity index (χ0v) is 9.14. The molecular formula is C12H14O4. The Morgan fingerprint density at radius 3 is 2.44 bits per heavy atom. The molecular weight excluding hydrogens is 208 g/mol. The molecule has 0 unspecified atom stereocenters. The zero-order chi connectivity index (χ0) is 11.8. The third-order valence-corrected chi connectivity index (χ3v) is 1.85. The summed E-state index contributed by atoms with van der Waals surface area (Å²) < 4.78 is 9.50. The first-order valence-corrected chi connectivity index (χ1v) is 5.18. The van der Waals surface area contributed by atoms with E-state index in [0.717, 1.165) is 12.8 Å². The van der Waals surface area contributed by atoms with Gasteiger partial charge in [0.25, 0.3) is 0 Å². The number of benzene rings is 1. The Morgan fingerprint density at radius 1 is 1.12 bits per heavy atom. The number of hydrogen-bond acceptors (Lipinski definition) is 4. The van der Waals surface area contributed by atoms with Gasteiger partial charge in [0.15, 0.2) is 0 Å². The summed E-state index contributed by atoms with van der Waals surface area (Å²) in [5, 5.41) is 0. The Balaban J connectivity index is 2.38. The molecule has 0 amide bonds. The van der Waals surface area contributed by atoms with E-state index in [0.29, 0.717) is 5.75 Å². The fraction of sp³-hybridized carbons (Fsp3) is 0.333. The maximum atomic E-state index is 11.2. The molecule has 0 bridgehead atoms. The minimum absolute atomic E-state index is 0.249. The van der Waals surface area contributed by atoms with Crippen LogP contribution in [0.3, 0.4) is 0 Å². The fourth-order valence-corrected chi connectivity index (χ4v) is 1.01. The molecule has 0 aliphatic rings. The lowest BCUT2D eigenvalue weighted by atomic mass is 10.3. The van der Waals surface area contributed by atoms with Gasteiger partial charge < -0.3 is 9.47 Å². The number of rotatable bonds is 4. The van der Waals surface area contributed by atoms with Gasteiger partial charge in [0.2, 0.25) is 0 Å². The summed E-state index contributed by atoms with van der Waals surface area (Å²) in [6, 6.07) is 8.40. The SMILES string of the molecule is CCCCOC(=O)C(=O)Oc1ccccc1. The van der Waals surface area contributed by atoms with Crippen LogP contribution in [-0.4, -0.2) is 18.5 Å². The Hall–Kier alpha value is -1.84. The van der Waals surface area contributed by atoms with E-state index in [9.17, 15) is 9.59 Å². The van der Waals surface area contributed by atoms with Crippen molar-refractivity contribution in [1.82, 2.24) is 0 Å². The van der Waals surface area contributed by atoms with Crippen LogP contribution in [0.4, 0.5) is 0 Å². The number of esters is 2. The Bertz CT molecular complexity index is 345. The van der Waals surface area contributed by atoms with E-state index < -0.39 is 11.9 Å². The standard InChI is InChI=1S/C12H14O4/c1-2-3-9-15-11(13)12(14)16-10-7-5-4-6-8-10/h4-8H,2-3,9H2,1H3. The molecule has 0 saturated heterocycles. The molecule has 4 heteroatoms. The quantitative estimate of drug-likeness (QED) is 0.338. The lowest BCUT2D eigenvalue weighted by Gasteiger charge is -2.04. The largest absolute Gasteiger partial charge is 0.457 e. The normalized spacial score (nSPS) is 9.56. The highest BCUT2D eigenvalue weighted by molar-refractivity contribution is 6.30. The molecule has 16 heavy (non-hydrogen) atoms. The third kappa shape index (κ3) is 4.13. The number of carbonyl (C=O) groups excluding carboxylic acids is 2. The van der Waals surface area contributed by atoms with Crippen LogP contribution in [0, 0.1) is 0 Å². The number of ether oxygens (including phenoxy) is 2. The van der Waals surface area contributed by atoms with Crippen LogP contribution in [0.2, 0.25) is 0 Å². The second-order valence-electron chi connectivity index (χ2n) is 3.19. The highest BCUT2D eigenvalue weighted by atomic mass is 16.6. The summed E-state index contributed by atoms with van der Waals surface area (Å²) in [7, 11) is 0. The molecule has 0 heterocycles. The van der Waals surface area contributed by atoms with E-state index in [4.69, 9.17) is 9.47 Å². The first kappa shape index (κ1) is 12.2. The smallest absolute Gasteiger partial charge is 0.422 e. The molecule has 0 atom stereocenters. The first-order chi connectivity index (χ1) is 7.74. The average Bonchev–Trinajstić information content (AvgIpc) is 2.30. The Morgan fingerprint density at radius 2 is 1.81 bits per heavy atom. The summed E-state index contributed by atoms with van der Waals surface area (Å²) in [5.41, 5.74) is 0. The predicted molar refractivity (Wildman–Crippen MR) is 57.9 cm³/mol. The number of hydrogen-bond donors (Lipinski definition) is 0. The number of unbranched alkanes of at least 4 members (excludes halogenated alkanes) is 1. The molecule has 0 spiro atoms. The Labute approximate surface area is 94.2 Å². The van der Waals surface area contributed by atoms with Crippen molar-refractivity contribution in [1.29, 1.82) is 0 Å². The lowest BCUT2D eigenvalue weighted by molar-refractivity contribution is -0.162. The van der Waals surface area contributed by atoms with E-state index in [1.54, 1.807) is 30.3 Å². The van der Waals surface area contributed by atoms with Crippen molar-refractivity contribution in [3.8, 4) is 5.75 Å². The van der Waals surface area contributed by atoms with Crippen molar-refractivity contribution in [2.75, 3.05) is 6.61 Å². The summed E-state index contributed by atoms with van der Waals surface area (Å²) in [6.07, 6.45) is 1.64.